The second-order valence-corrected chi connectivity index (χ2v) is 10.7. The summed E-state index contributed by atoms with van der Waals surface area (Å²) < 4.78 is 7.17. The van der Waals surface area contributed by atoms with E-state index >= 15 is 0 Å². The predicted molar refractivity (Wildman–Crippen MR) is 139 cm³/mol. The molecule has 8 nitrogen and oxygen atoms in total. The number of methoxy groups -OCH3 is 1. The number of carbonyl (C=O) groups excluding carboxylic acids is 1. The van der Waals surface area contributed by atoms with Gasteiger partial charge in [0.2, 0.25) is 0 Å². The summed E-state index contributed by atoms with van der Waals surface area (Å²) in [5.41, 5.74) is 4.42. The molecule has 8 heteroatoms. The van der Waals surface area contributed by atoms with Crippen LogP contribution in [-0.4, -0.2) is 57.0 Å². The highest BCUT2D eigenvalue weighted by Crippen LogP contribution is 2.44. The van der Waals surface area contributed by atoms with E-state index in [-0.39, 0.29) is 24.7 Å². The molecule has 1 fully saturated rings. The molecule has 0 radical (unpaired) electrons. The molecular weight excluding hydrogens is 470 g/mol. The number of ether oxygens (including phenoxy) is 1. The van der Waals surface area contributed by atoms with E-state index in [1.807, 2.05) is 25.1 Å². The molecule has 0 spiro atoms. The van der Waals surface area contributed by atoms with E-state index in [1.165, 1.54) is 12.7 Å². The van der Waals surface area contributed by atoms with Gasteiger partial charge in [0.25, 0.3) is 0 Å². The van der Waals surface area contributed by atoms with Gasteiger partial charge in [0.05, 0.1) is 42.8 Å². The zero-order chi connectivity index (χ0) is 26.2. The third-order valence-corrected chi connectivity index (χ3v) is 8.38. The molecule has 0 unspecified atom stereocenters. The van der Waals surface area contributed by atoms with E-state index in [2.05, 4.69) is 28.8 Å². The van der Waals surface area contributed by atoms with Crippen LogP contribution >= 0.6 is 0 Å². The summed E-state index contributed by atoms with van der Waals surface area (Å²) in [7, 11) is 1.40. The minimum absolute atomic E-state index is 0.0434. The maximum atomic E-state index is 12.3. The Morgan fingerprint density at radius 3 is 2.54 bits per heavy atom. The van der Waals surface area contributed by atoms with E-state index in [0.717, 1.165) is 47.2 Å². The number of rotatable bonds is 6. The summed E-state index contributed by atoms with van der Waals surface area (Å²) in [6, 6.07) is 14.1. The number of hydrogen-bond acceptors (Lipinski definition) is 5. The SMILES string of the molecule is COC(=O)N1CCc2ccc3c(nc([C@H]4CC[C@@](C)(C(=O)O)CC4)n3[C@@H](CO)Cc3ccccc3)c2C1. The predicted octanol–water partition coefficient (Wildman–Crippen LogP) is 4.69. The monoisotopic (exact) mass is 505 g/mol. The molecule has 0 bridgehead atoms. The number of hydrogen-bond donors (Lipinski definition) is 2. The molecule has 1 aromatic heterocycles. The van der Waals surface area contributed by atoms with Crippen molar-refractivity contribution in [3.05, 3.63) is 65.0 Å². The summed E-state index contributed by atoms with van der Waals surface area (Å²) in [6.07, 6.45) is 3.68. The van der Waals surface area contributed by atoms with Crippen molar-refractivity contribution in [2.45, 2.75) is 64.0 Å². The number of carbonyl (C=O) groups is 2. The zero-order valence-electron chi connectivity index (χ0n) is 21.5. The number of aliphatic hydroxyl groups is 1. The van der Waals surface area contributed by atoms with E-state index in [1.54, 1.807) is 4.90 Å². The number of fused-ring (bicyclic) bond motifs is 3. The Bertz CT molecular complexity index is 1290. The molecule has 2 N–H and O–H groups in total. The standard InChI is InChI=1S/C29H35N3O5/c1-29(27(34)35)13-10-21(11-14-29)26-30-25-23-17-31(28(36)37-2)15-12-20(23)8-9-24(25)32(26)22(18-33)16-19-6-4-3-5-7-19/h3-9,21-22,33H,10-18H2,1-2H3,(H,34,35)/t21-,22-,29+/m1/s1. The minimum Gasteiger partial charge on any atom is -0.481 e. The highest BCUT2D eigenvalue weighted by molar-refractivity contribution is 5.82. The van der Waals surface area contributed by atoms with E-state index in [9.17, 15) is 19.8 Å². The van der Waals surface area contributed by atoms with Crippen molar-refractivity contribution in [1.29, 1.82) is 0 Å². The number of carboxylic acid groups (broad SMARTS) is 1. The van der Waals surface area contributed by atoms with Crippen LogP contribution in [0.15, 0.2) is 42.5 Å². The first kappa shape index (κ1) is 25.3. The normalized spacial score (nSPS) is 22.5. The van der Waals surface area contributed by atoms with Gasteiger partial charge in [0, 0.05) is 18.0 Å². The Kier molecular flexibility index (Phi) is 6.94. The van der Waals surface area contributed by atoms with Gasteiger partial charge in [-0.15, -0.1) is 0 Å². The van der Waals surface area contributed by atoms with Crippen LogP contribution in [0, 0.1) is 5.41 Å². The number of carboxylic acids is 1. The molecule has 37 heavy (non-hydrogen) atoms. The van der Waals surface area contributed by atoms with Crippen molar-refractivity contribution >= 4 is 23.1 Å². The summed E-state index contributed by atoms with van der Waals surface area (Å²) in [6.45, 7) is 2.82. The molecule has 1 atom stereocenters. The van der Waals surface area contributed by atoms with Gasteiger partial charge in [0.1, 0.15) is 5.82 Å². The number of benzene rings is 2. The first-order valence-corrected chi connectivity index (χ1v) is 13.1. The molecule has 1 saturated carbocycles. The topological polar surface area (TPSA) is 105 Å². The van der Waals surface area contributed by atoms with Gasteiger partial charge in [-0.2, -0.15) is 0 Å². The Labute approximate surface area is 216 Å². The third-order valence-electron chi connectivity index (χ3n) is 8.38. The van der Waals surface area contributed by atoms with Crippen LogP contribution in [0.25, 0.3) is 11.0 Å². The largest absolute Gasteiger partial charge is 0.481 e. The lowest BCUT2D eigenvalue weighted by Gasteiger charge is -2.34. The Balaban J connectivity index is 1.60. The highest BCUT2D eigenvalue weighted by atomic mass is 16.5. The summed E-state index contributed by atoms with van der Waals surface area (Å²) in [5, 5.41) is 20.3. The van der Waals surface area contributed by atoms with Crippen LogP contribution in [-0.2, 0) is 28.9 Å². The maximum Gasteiger partial charge on any atom is 0.409 e. The minimum atomic E-state index is -0.742. The average molecular weight is 506 g/mol. The number of imidazole rings is 1. The number of nitrogens with zero attached hydrogens (tertiary/aromatic N) is 3. The number of aliphatic carboxylic acids is 1. The first-order chi connectivity index (χ1) is 17.8. The van der Waals surface area contributed by atoms with Gasteiger partial charge < -0.3 is 24.4 Å². The van der Waals surface area contributed by atoms with E-state index < -0.39 is 11.4 Å². The first-order valence-electron chi connectivity index (χ1n) is 13.1. The molecule has 2 heterocycles. The maximum absolute atomic E-state index is 12.3. The molecule has 196 valence electrons. The van der Waals surface area contributed by atoms with Crippen LogP contribution in [0.4, 0.5) is 4.79 Å². The molecule has 2 aromatic carbocycles. The molecule has 2 aliphatic rings. The van der Waals surface area contributed by atoms with Crippen molar-refractivity contribution in [3.8, 4) is 0 Å². The molecule has 0 saturated heterocycles. The Hall–Kier alpha value is -3.39. The second-order valence-electron chi connectivity index (χ2n) is 10.7. The smallest absolute Gasteiger partial charge is 0.409 e. The van der Waals surface area contributed by atoms with Crippen LogP contribution in [0.1, 0.15) is 67.1 Å². The third kappa shape index (κ3) is 4.70. The number of aliphatic hydroxyl groups excluding tert-OH is 1. The Morgan fingerprint density at radius 2 is 1.89 bits per heavy atom. The summed E-state index contributed by atoms with van der Waals surface area (Å²) >= 11 is 0. The molecular formula is C29H35N3O5. The molecule has 1 aliphatic heterocycles. The van der Waals surface area contributed by atoms with Crippen LogP contribution in [0.2, 0.25) is 0 Å². The lowest BCUT2D eigenvalue weighted by molar-refractivity contribution is -0.150. The number of amides is 1. The van der Waals surface area contributed by atoms with Crippen LogP contribution in [0.5, 0.6) is 0 Å². The highest BCUT2D eigenvalue weighted by Gasteiger charge is 2.40. The van der Waals surface area contributed by atoms with Gasteiger partial charge in [-0.1, -0.05) is 36.4 Å². The van der Waals surface area contributed by atoms with E-state index in [0.29, 0.717) is 32.4 Å². The van der Waals surface area contributed by atoms with Gasteiger partial charge in [-0.05, 0) is 62.6 Å². The quantitative estimate of drug-likeness (QED) is 0.504. The van der Waals surface area contributed by atoms with Crippen molar-refractivity contribution in [1.82, 2.24) is 14.5 Å². The molecule has 3 aromatic rings. The molecule has 5 rings (SSSR count). The molecule has 1 aliphatic carbocycles. The lowest BCUT2D eigenvalue weighted by Crippen LogP contribution is -2.35. The van der Waals surface area contributed by atoms with Gasteiger partial charge >= 0.3 is 12.1 Å². The summed E-state index contributed by atoms with van der Waals surface area (Å²) in [4.78, 5) is 31.1. The lowest BCUT2D eigenvalue weighted by atomic mass is 9.71. The van der Waals surface area contributed by atoms with Gasteiger partial charge in [-0.25, -0.2) is 9.78 Å². The Morgan fingerprint density at radius 1 is 1.16 bits per heavy atom. The van der Waals surface area contributed by atoms with E-state index in [4.69, 9.17) is 9.72 Å². The van der Waals surface area contributed by atoms with Gasteiger partial charge in [0.15, 0.2) is 0 Å². The fraction of sp³-hybridized carbons (Fsp3) is 0.483. The fourth-order valence-corrected chi connectivity index (χ4v) is 6.02. The average Bonchev–Trinajstić information content (AvgIpc) is 3.31. The van der Waals surface area contributed by atoms with Crippen molar-refractivity contribution in [2.24, 2.45) is 5.41 Å². The van der Waals surface area contributed by atoms with Crippen molar-refractivity contribution in [3.63, 3.8) is 0 Å². The van der Waals surface area contributed by atoms with Crippen molar-refractivity contribution < 1.29 is 24.5 Å². The fourth-order valence-electron chi connectivity index (χ4n) is 6.02. The second kappa shape index (κ2) is 10.2. The summed E-state index contributed by atoms with van der Waals surface area (Å²) in [5.74, 6) is 0.260. The van der Waals surface area contributed by atoms with Crippen LogP contribution < -0.4 is 0 Å². The molecule has 1 amide bonds. The van der Waals surface area contributed by atoms with Gasteiger partial charge in [-0.3, -0.25) is 4.79 Å². The zero-order valence-corrected chi connectivity index (χ0v) is 21.5. The van der Waals surface area contributed by atoms with Crippen LogP contribution in [0.3, 0.4) is 0 Å². The number of aromatic nitrogens is 2. The van der Waals surface area contributed by atoms with Crippen molar-refractivity contribution in [2.75, 3.05) is 20.3 Å².